The Kier molecular flexibility index (Phi) is 5.19. The van der Waals surface area contributed by atoms with Gasteiger partial charge in [-0.3, -0.25) is 9.88 Å². The van der Waals surface area contributed by atoms with Crippen LogP contribution >= 0.6 is 12.4 Å². The predicted molar refractivity (Wildman–Crippen MR) is 68.8 cm³/mol. The average molecular weight is 242 g/mol. The quantitative estimate of drug-likeness (QED) is 0.854. The van der Waals surface area contributed by atoms with E-state index in [2.05, 4.69) is 41.2 Å². The molecule has 1 aliphatic heterocycles. The summed E-state index contributed by atoms with van der Waals surface area (Å²) in [5.41, 5.74) is 1.35. The van der Waals surface area contributed by atoms with Gasteiger partial charge in [0.05, 0.1) is 0 Å². The molecule has 4 heteroatoms. The van der Waals surface area contributed by atoms with Crippen molar-refractivity contribution >= 4 is 12.4 Å². The van der Waals surface area contributed by atoms with E-state index in [-0.39, 0.29) is 12.4 Å². The molecule has 1 fully saturated rings. The summed E-state index contributed by atoms with van der Waals surface area (Å²) in [5, 5.41) is 3.45. The first-order valence-corrected chi connectivity index (χ1v) is 5.62. The molecule has 2 atom stereocenters. The number of piperazine rings is 1. The number of rotatable bonds is 2. The Balaban J connectivity index is 0.00000128. The van der Waals surface area contributed by atoms with Crippen molar-refractivity contribution in [3.05, 3.63) is 30.1 Å². The summed E-state index contributed by atoms with van der Waals surface area (Å²) in [6.45, 7) is 7.78. The van der Waals surface area contributed by atoms with E-state index in [0.717, 1.165) is 19.6 Å². The minimum absolute atomic E-state index is 0. The minimum atomic E-state index is 0. The van der Waals surface area contributed by atoms with E-state index in [4.69, 9.17) is 0 Å². The molecule has 0 amide bonds. The van der Waals surface area contributed by atoms with Gasteiger partial charge in [-0.05, 0) is 31.5 Å². The van der Waals surface area contributed by atoms with Crippen LogP contribution in [0.25, 0.3) is 0 Å². The fourth-order valence-electron chi connectivity index (χ4n) is 2.18. The van der Waals surface area contributed by atoms with Crippen molar-refractivity contribution in [1.29, 1.82) is 0 Å². The van der Waals surface area contributed by atoms with Crippen LogP contribution < -0.4 is 5.32 Å². The number of hydrogen-bond donors (Lipinski definition) is 1. The Hall–Kier alpha value is -0.640. The number of nitrogens with one attached hydrogen (secondary N) is 1. The molecular formula is C12H20ClN3. The van der Waals surface area contributed by atoms with Crippen molar-refractivity contribution in [2.75, 3.05) is 13.1 Å². The van der Waals surface area contributed by atoms with Crippen LogP contribution in [0.3, 0.4) is 0 Å². The van der Waals surface area contributed by atoms with E-state index in [0.29, 0.717) is 12.1 Å². The molecule has 3 nitrogen and oxygen atoms in total. The van der Waals surface area contributed by atoms with Gasteiger partial charge < -0.3 is 5.32 Å². The van der Waals surface area contributed by atoms with Crippen molar-refractivity contribution in [1.82, 2.24) is 15.2 Å². The summed E-state index contributed by atoms with van der Waals surface area (Å²) in [5.74, 6) is 0. The van der Waals surface area contributed by atoms with Crippen LogP contribution in [0.2, 0.25) is 0 Å². The van der Waals surface area contributed by atoms with Crippen LogP contribution in [0.4, 0.5) is 0 Å². The maximum atomic E-state index is 4.05. The molecule has 0 radical (unpaired) electrons. The third kappa shape index (κ3) is 3.17. The lowest BCUT2D eigenvalue weighted by Gasteiger charge is -2.39. The smallest absolute Gasteiger partial charge is 0.0271 e. The second-order valence-electron chi connectivity index (χ2n) is 4.38. The summed E-state index contributed by atoms with van der Waals surface area (Å²) in [4.78, 5) is 6.59. The van der Waals surface area contributed by atoms with Crippen LogP contribution in [0.5, 0.6) is 0 Å². The second-order valence-corrected chi connectivity index (χ2v) is 4.38. The standard InChI is InChI=1S/C12H19N3.ClH/c1-10-7-14-8-11(2)15(10)9-12-3-5-13-6-4-12;/h3-6,10-11,14H,7-9H2,1-2H3;1H/t10-,11+;. The van der Waals surface area contributed by atoms with Gasteiger partial charge in [0.2, 0.25) is 0 Å². The molecule has 16 heavy (non-hydrogen) atoms. The number of pyridine rings is 1. The van der Waals surface area contributed by atoms with Crippen LogP contribution in [-0.2, 0) is 6.54 Å². The Morgan fingerprint density at radius 2 is 1.81 bits per heavy atom. The average Bonchev–Trinajstić information content (AvgIpc) is 2.25. The predicted octanol–water partition coefficient (Wildman–Crippen LogP) is 1.69. The van der Waals surface area contributed by atoms with Crippen LogP contribution in [0, 0.1) is 0 Å². The normalized spacial score (nSPS) is 26.1. The molecule has 0 unspecified atom stereocenters. The maximum absolute atomic E-state index is 4.05. The highest BCUT2D eigenvalue weighted by atomic mass is 35.5. The molecule has 1 aliphatic rings. The van der Waals surface area contributed by atoms with E-state index in [1.54, 1.807) is 0 Å². The first-order valence-electron chi connectivity index (χ1n) is 5.62. The summed E-state index contributed by atoms with van der Waals surface area (Å²) < 4.78 is 0. The lowest BCUT2D eigenvalue weighted by molar-refractivity contribution is 0.109. The highest BCUT2D eigenvalue weighted by molar-refractivity contribution is 5.85. The molecule has 1 aromatic rings. The summed E-state index contributed by atoms with van der Waals surface area (Å²) in [7, 11) is 0. The molecule has 2 heterocycles. The highest BCUT2D eigenvalue weighted by Crippen LogP contribution is 2.13. The van der Waals surface area contributed by atoms with Gasteiger partial charge in [0.1, 0.15) is 0 Å². The Morgan fingerprint density at radius 1 is 1.25 bits per heavy atom. The largest absolute Gasteiger partial charge is 0.314 e. The van der Waals surface area contributed by atoms with E-state index in [1.807, 2.05) is 12.4 Å². The molecule has 2 rings (SSSR count). The molecule has 0 aliphatic carbocycles. The third-order valence-corrected chi connectivity index (χ3v) is 3.13. The molecule has 1 N–H and O–H groups in total. The van der Waals surface area contributed by atoms with E-state index in [1.165, 1.54) is 5.56 Å². The van der Waals surface area contributed by atoms with Crippen molar-refractivity contribution in [3.8, 4) is 0 Å². The monoisotopic (exact) mass is 241 g/mol. The Bertz CT molecular complexity index is 294. The second kappa shape index (κ2) is 6.18. The van der Waals surface area contributed by atoms with Gasteiger partial charge in [0.25, 0.3) is 0 Å². The zero-order valence-corrected chi connectivity index (χ0v) is 10.7. The minimum Gasteiger partial charge on any atom is -0.314 e. The number of aromatic nitrogens is 1. The molecule has 1 aromatic heterocycles. The zero-order chi connectivity index (χ0) is 10.7. The first kappa shape index (κ1) is 13.4. The van der Waals surface area contributed by atoms with E-state index in [9.17, 15) is 0 Å². The number of halogens is 1. The van der Waals surface area contributed by atoms with Crippen molar-refractivity contribution < 1.29 is 0 Å². The van der Waals surface area contributed by atoms with Gasteiger partial charge in [-0.15, -0.1) is 12.4 Å². The molecule has 0 bridgehead atoms. The van der Waals surface area contributed by atoms with Gasteiger partial charge >= 0.3 is 0 Å². The molecule has 90 valence electrons. The molecule has 0 aromatic carbocycles. The summed E-state index contributed by atoms with van der Waals surface area (Å²) in [6, 6.07) is 5.42. The summed E-state index contributed by atoms with van der Waals surface area (Å²) in [6.07, 6.45) is 3.74. The third-order valence-electron chi connectivity index (χ3n) is 3.13. The van der Waals surface area contributed by atoms with E-state index < -0.39 is 0 Å². The number of nitrogens with zero attached hydrogens (tertiary/aromatic N) is 2. The fourth-order valence-corrected chi connectivity index (χ4v) is 2.18. The number of hydrogen-bond acceptors (Lipinski definition) is 3. The van der Waals surface area contributed by atoms with Crippen molar-refractivity contribution in [3.63, 3.8) is 0 Å². The molecule has 0 spiro atoms. The van der Waals surface area contributed by atoms with Gasteiger partial charge in [-0.1, -0.05) is 0 Å². The fraction of sp³-hybridized carbons (Fsp3) is 0.583. The Morgan fingerprint density at radius 3 is 2.38 bits per heavy atom. The highest BCUT2D eigenvalue weighted by Gasteiger charge is 2.23. The molecule has 1 saturated heterocycles. The first-order chi connectivity index (χ1) is 7.27. The molecule has 0 saturated carbocycles. The zero-order valence-electron chi connectivity index (χ0n) is 9.89. The summed E-state index contributed by atoms with van der Waals surface area (Å²) >= 11 is 0. The SMILES string of the molecule is C[C@@H]1CNC[C@H](C)N1Cc1ccncc1.Cl. The van der Waals surface area contributed by atoms with Crippen molar-refractivity contribution in [2.24, 2.45) is 0 Å². The van der Waals surface area contributed by atoms with Gasteiger partial charge in [-0.25, -0.2) is 0 Å². The van der Waals surface area contributed by atoms with Crippen LogP contribution in [0.15, 0.2) is 24.5 Å². The van der Waals surface area contributed by atoms with Gasteiger partial charge in [-0.2, -0.15) is 0 Å². The topological polar surface area (TPSA) is 28.2 Å². The maximum Gasteiger partial charge on any atom is 0.0271 e. The lowest BCUT2D eigenvalue weighted by atomic mass is 10.1. The van der Waals surface area contributed by atoms with E-state index >= 15 is 0 Å². The molecular weight excluding hydrogens is 222 g/mol. The van der Waals surface area contributed by atoms with Crippen molar-refractivity contribution in [2.45, 2.75) is 32.5 Å². The van der Waals surface area contributed by atoms with Gasteiger partial charge in [0, 0.05) is 44.1 Å². The lowest BCUT2D eigenvalue weighted by Crippen LogP contribution is -2.54. The van der Waals surface area contributed by atoms with Crippen LogP contribution in [-0.4, -0.2) is 35.1 Å². The van der Waals surface area contributed by atoms with Crippen LogP contribution in [0.1, 0.15) is 19.4 Å². The Labute approximate surface area is 104 Å². The van der Waals surface area contributed by atoms with Gasteiger partial charge in [0.15, 0.2) is 0 Å².